The highest BCUT2D eigenvalue weighted by Gasteiger charge is 2.33. The molecule has 0 aliphatic carbocycles. The highest BCUT2D eigenvalue weighted by atomic mass is 16.4. The molecule has 0 radical (unpaired) electrons. The fraction of sp³-hybridized carbons (Fsp3) is 0.632. The van der Waals surface area contributed by atoms with Gasteiger partial charge < -0.3 is 42.7 Å². The summed E-state index contributed by atoms with van der Waals surface area (Å²) in [5.41, 5.74) is 10.6. The Morgan fingerprint density at radius 1 is 0.794 bits per heavy atom. The molecule has 0 bridgehead atoms. The minimum absolute atomic E-state index is 0.275. The summed E-state index contributed by atoms with van der Waals surface area (Å²) in [6.45, 7) is 3.23. The molecule has 0 aromatic carbocycles. The van der Waals surface area contributed by atoms with Crippen LogP contribution >= 0.6 is 0 Å². The van der Waals surface area contributed by atoms with E-state index in [0.29, 0.717) is 6.42 Å². The SMILES string of the molecule is CCC(C)C(NC(=O)C(CC(=O)O)NC(=O)C(CC(N)=O)NC(=O)C(N)CCC(=O)O)C(=O)O. The van der Waals surface area contributed by atoms with E-state index in [0.717, 1.165) is 0 Å². The summed E-state index contributed by atoms with van der Waals surface area (Å²) in [7, 11) is 0. The number of carbonyl (C=O) groups excluding carboxylic acids is 4. The van der Waals surface area contributed by atoms with E-state index in [9.17, 15) is 38.7 Å². The average Bonchev–Trinajstić information content (AvgIpc) is 2.72. The number of carbonyl (C=O) groups is 7. The Labute approximate surface area is 194 Å². The molecule has 10 N–H and O–H groups in total. The van der Waals surface area contributed by atoms with Gasteiger partial charge >= 0.3 is 17.9 Å². The van der Waals surface area contributed by atoms with Crippen LogP contribution in [0, 0.1) is 5.92 Å². The number of amides is 4. The molecule has 0 saturated heterocycles. The Kier molecular flexibility index (Phi) is 12.8. The van der Waals surface area contributed by atoms with Crippen molar-refractivity contribution in [2.45, 2.75) is 70.1 Å². The van der Waals surface area contributed by atoms with Crippen molar-refractivity contribution in [3.8, 4) is 0 Å². The first-order chi connectivity index (χ1) is 15.7. The molecule has 0 heterocycles. The van der Waals surface area contributed by atoms with Crippen LogP contribution in [0.25, 0.3) is 0 Å². The standard InChI is InChI=1S/C19H31N5O10/c1-3-8(2)15(19(33)34)24-18(32)11(7-14(28)29)23-17(31)10(6-12(21)25)22-16(30)9(20)4-5-13(26)27/h8-11,15H,3-7,20H2,1-2H3,(H2,21,25)(H,22,30)(H,23,31)(H,24,32)(H,26,27)(H,28,29)(H,33,34). The number of hydrogen-bond acceptors (Lipinski definition) is 8. The molecule has 0 spiro atoms. The fourth-order valence-electron chi connectivity index (χ4n) is 2.69. The van der Waals surface area contributed by atoms with Crippen molar-refractivity contribution in [3.05, 3.63) is 0 Å². The van der Waals surface area contributed by atoms with Gasteiger partial charge in [-0.25, -0.2) is 4.79 Å². The minimum atomic E-state index is -1.75. The van der Waals surface area contributed by atoms with Crippen LogP contribution in [0.5, 0.6) is 0 Å². The highest BCUT2D eigenvalue weighted by Crippen LogP contribution is 2.09. The van der Waals surface area contributed by atoms with Gasteiger partial charge in [-0.3, -0.25) is 28.8 Å². The van der Waals surface area contributed by atoms with E-state index in [-0.39, 0.29) is 6.42 Å². The number of rotatable bonds is 16. The number of primary amides is 1. The van der Waals surface area contributed by atoms with Crippen LogP contribution < -0.4 is 27.4 Å². The van der Waals surface area contributed by atoms with E-state index in [4.69, 9.17) is 21.7 Å². The number of aliphatic carboxylic acids is 3. The van der Waals surface area contributed by atoms with Crippen LogP contribution in [0.4, 0.5) is 0 Å². The lowest BCUT2D eigenvalue weighted by molar-refractivity contribution is -0.145. The molecule has 5 atom stereocenters. The second kappa shape index (κ2) is 14.4. The van der Waals surface area contributed by atoms with Gasteiger partial charge in [-0.15, -0.1) is 0 Å². The number of nitrogens with one attached hydrogen (secondary N) is 3. The third-order valence-electron chi connectivity index (χ3n) is 4.83. The van der Waals surface area contributed by atoms with E-state index in [1.54, 1.807) is 13.8 Å². The molecule has 0 saturated carbocycles. The number of hydrogen-bond donors (Lipinski definition) is 8. The van der Waals surface area contributed by atoms with Crippen molar-refractivity contribution in [2.75, 3.05) is 0 Å². The summed E-state index contributed by atoms with van der Waals surface area (Å²) in [6, 6.07) is -6.11. The molecule has 0 aromatic heterocycles. The molecular weight excluding hydrogens is 458 g/mol. The molecule has 34 heavy (non-hydrogen) atoms. The van der Waals surface area contributed by atoms with E-state index in [1.807, 2.05) is 0 Å². The second-order valence-electron chi connectivity index (χ2n) is 7.64. The Morgan fingerprint density at radius 2 is 1.29 bits per heavy atom. The smallest absolute Gasteiger partial charge is 0.326 e. The summed E-state index contributed by atoms with van der Waals surface area (Å²) in [5.74, 6) is -8.86. The molecule has 0 aliphatic heterocycles. The number of nitrogens with two attached hydrogens (primary N) is 2. The van der Waals surface area contributed by atoms with Gasteiger partial charge in [0, 0.05) is 6.42 Å². The lowest BCUT2D eigenvalue weighted by atomic mass is 9.98. The Hall–Kier alpha value is -3.75. The molecule has 5 unspecified atom stereocenters. The molecule has 0 aromatic rings. The van der Waals surface area contributed by atoms with Crippen LogP contribution in [0.15, 0.2) is 0 Å². The third kappa shape index (κ3) is 11.2. The lowest BCUT2D eigenvalue weighted by Crippen LogP contribution is -2.58. The molecule has 192 valence electrons. The zero-order chi connectivity index (χ0) is 26.6. The van der Waals surface area contributed by atoms with Gasteiger partial charge in [-0.1, -0.05) is 20.3 Å². The van der Waals surface area contributed by atoms with Gasteiger partial charge in [0.1, 0.15) is 18.1 Å². The van der Waals surface area contributed by atoms with Crippen LogP contribution in [0.3, 0.4) is 0 Å². The van der Waals surface area contributed by atoms with Gasteiger partial charge in [-0.2, -0.15) is 0 Å². The van der Waals surface area contributed by atoms with Gasteiger partial charge in [-0.05, 0) is 12.3 Å². The van der Waals surface area contributed by atoms with E-state index in [2.05, 4.69) is 16.0 Å². The Balaban J connectivity index is 5.56. The van der Waals surface area contributed by atoms with Crippen molar-refractivity contribution in [2.24, 2.45) is 17.4 Å². The van der Waals surface area contributed by atoms with Crippen molar-refractivity contribution in [1.82, 2.24) is 16.0 Å². The van der Waals surface area contributed by atoms with E-state index in [1.165, 1.54) is 0 Å². The zero-order valence-electron chi connectivity index (χ0n) is 18.8. The first-order valence-electron chi connectivity index (χ1n) is 10.3. The predicted molar refractivity (Wildman–Crippen MR) is 114 cm³/mol. The van der Waals surface area contributed by atoms with Crippen LogP contribution in [-0.4, -0.2) is 81.0 Å². The van der Waals surface area contributed by atoms with Gasteiger partial charge in [0.2, 0.25) is 23.6 Å². The number of carboxylic acids is 3. The molecule has 15 nitrogen and oxygen atoms in total. The van der Waals surface area contributed by atoms with E-state index >= 15 is 0 Å². The monoisotopic (exact) mass is 489 g/mol. The highest BCUT2D eigenvalue weighted by molar-refractivity contribution is 5.97. The van der Waals surface area contributed by atoms with Gasteiger partial charge in [0.05, 0.1) is 18.9 Å². The topological polar surface area (TPSA) is 268 Å². The maximum atomic E-state index is 12.7. The summed E-state index contributed by atoms with van der Waals surface area (Å²) >= 11 is 0. The third-order valence-corrected chi connectivity index (χ3v) is 4.83. The van der Waals surface area contributed by atoms with Gasteiger partial charge in [0.15, 0.2) is 0 Å². The summed E-state index contributed by atoms with van der Waals surface area (Å²) in [5, 5.41) is 33.4. The minimum Gasteiger partial charge on any atom is -0.481 e. The van der Waals surface area contributed by atoms with E-state index < -0.39 is 90.9 Å². The number of carboxylic acid groups (broad SMARTS) is 3. The van der Waals surface area contributed by atoms with Crippen molar-refractivity contribution in [3.63, 3.8) is 0 Å². The normalized spacial score (nSPS) is 15.0. The molecule has 0 fully saturated rings. The van der Waals surface area contributed by atoms with Crippen molar-refractivity contribution < 1.29 is 48.9 Å². The zero-order valence-corrected chi connectivity index (χ0v) is 18.8. The lowest BCUT2D eigenvalue weighted by Gasteiger charge is -2.25. The molecule has 4 amide bonds. The summed E-state index contributed by atoms with van der Waals surface area (Å²) < 4.78 is 0. The molecule has 15 heteroatoms. The first kappa shape index (κ1) is 30.2. The van der Waals surface area contributed by atoms with Crippen LogP contribution in [-0.2, 0) is 33.6 Å². The van der Waals surface area contributed by atoms with Crippen LogP contribution in [0.1, 0.15) is 46.0 Å². The maximum absolute atomic E-state index is 12.7. The Morgan fingerprint density at radius 3 is 1.74 bits per heavy atom. The second-order valence-corrected chi connectivity index (χ2v) is 7.64. The largest absolute Gasteiger partial charge is 0.481 e. The van der Waals surface area contributed by atoms with Gasteiger partial charge in [0.25, 0.3) is 0 Å². The predicted octanol–water partition coefficient (Wildman–Crippen LogP) is -2.89. The van der Waals surface area contributed by atoms with Crippen molar-refractivity contribution in [1.29, 1.82) is 0 Å². The summed E-state index contributed by atoms with van der Waals surface area (Å²) in [6.07, 6.45) is -2.01. The summed E-state index contributed by atoms with van der Waals surface area (Å²) in [4.78, 5) is 82.0. The molecule has 0 rings (SSSR count). The quantitative estimate of drug-likeness (QED) is 0.109. The van der Waals surface area contributed by atoms with Crippen LogP contribution in [0.2, 0.25) is 0 Å². The fourth-order valence-corrected chi connectivity index (χ4v) is 2.69. The average molecular weight is 489 g/mol. The maximum Gasteiger partial charge on any atom is 0.326 e. The Bertz CT molecular complexity index is 802. The first-order valence-corrected chi connectivity index (χ1v) is 10.3. The van der Waals surface area contributed by atoms with Crippen molar-refractivity contribution >= 4 is 41.5 Å². The molecule has 0 aliphatic rings. The molecular formula is C19H31N5O10.